The number of aliphatic hydroxyl groups excluding tert-OH is 1. The quantitative estimate of drug-likeness (QED) is 0.0222. The van der Waals surface area contributed by atoms with Crippen LogP contribution in [0.15, 0.2) is 0 Å². The molecule has 0 aliphatic rings. The maximum absolute atomic E-state index is 13.1. The number of phosphoric acid groups is 2. The van der Waals surface area contributed by atoms with E-state index in [9.17, 15) is 43.2 Å². The van der Waals surface area contributed by atoms with Crippen molar-refractivity contribution in [2.45, 2.75) is 446 Å². The Kier molecular flexibility index (Phi) is 70.6. The zero-order valence-corrected chi connectivity index (χ0v) is 69.0. The number of carbonyl (C=O) groups excluding carboxylic acids is 4. The molecule has 0 spiro atoms. The summed E-state index contributed by atoms with van der Waals surface area (Å²) in [4.78, 5) is 73.0. The van der Waals surface area contributed by atoms with Gasteiger partial charge in [0, 0.05) is 25.7 Å². The zero-order valence-electron chi connectivity index (χ0n) is 67.2. The Hall–Kier alpha value is -1.94. The Bertz CT molecular complexity index is 1990. The molecule has 0 aromatic rings. The van der Waals surface area contributed by atoms with Crippen LogP contribution in [0.4, 0.5) is 0 Å². The molecule has 19 heteroatoms. The van der Waals surface area contributed by atoms with Gasteiger partial charge in [-0.05, 0) is 49.4 Å². The summed E-state index contributed by atoms with van der Waals surface area (Å²) in [5.41, 5.74) is 0. The number of esters is 4. The molecule has 0 saturated heterocycles. The number of ether oxygens (including phenoxy) is 4. The molecule has 0 aliphatic carbocycles. The van der Waals surface area contributed by atoms with Crippen LogP contribution in [0.5, 0.6) is 0 Å². The smallest absolute Gasteiger partial charge is 0.462 e. The summed E-state index contributed by atoms with van der Waals surface area (Å²) in [6.45, 7) is 14.2. The molecule has 17 nitrogen and oxygen atoms in total. The average molecular weight is 1490 g/mol. The van der Waals surface area contributed by atoms with Crippen LogP contribution >= 0.6 is 15.6 Å². The van der Waals surface area contributed by atoms with Crippen molar-refractivity contribution in [3.05, 3.63) is 0 Å². The predicted octanol–water partition coefficient (Wildman–Crippen LogP) is 24.8. The SMILES string of the molecule is CCC(C)CCCCCCCCC(=O)OC[C@H](COP(=O)(O)OC[C@H](O)COP(=O)(O)OC[C@@H](COC(=O)CCCCCCCCCC(C)C)OC(=O)CCCCCCCCCCCCCCCCCCCCC(C)C)OC(=O)CCCCCCCCCCCCCCCCCCCCC(C)C. The van der Waals surface area contributed by atoms with Gasteiger partial charge in [-0.3, -0.25) is 37.3 Å². The molecule has 0 bridgehead atoms. The summed E-state index contributed by atoms with van der Waals surface area (Å²) < 4.78 is 68.7. The molecule has 0 aromatic heterocycles. The molecule has 3 unspecified atom stereocenters. The Morgan fingerprint density at radius 2 is 0.471 bits per heavy atom. The third kappa shape index (κ3) is 74.9. The highest BCUT2D eigenvalue weighted by Crippen LogP contribution is 2.45. The van der Waals surface area contributed by atoms with Crippen LogP contribution in [0.2, 0.25) is 0 Å². The first-order valence-electron chi connectivity index (χ1n) is 42.7. The second kappa shape index (κ2) is 72.0. The second-order valence-corrected chi connectivity index (χ2v) is 34.4. The molecule has 0 aliphatic heterocycles. The molecule has 6 atom stereocenters. The fourth-order valence-corrected chi connectivity index (χ4v) is 14.3. The Morgan fingerprint density at radius 3 is 0.696 bits per heavy atom. The first-order valence-corrected chi connectivity index (χ1v) is 45.7. The minimum Gasteiger partial charge on any atom is -0.462 e. The van der Waals surface area contributed by atoms with Crippen molar-refractivity contribution in [2.24, 2.45) is 23.7 Å². The van der Waals surface area contributed by atoms with E-state index in [2.05, 4.69) is 55.4 Å². The molecule has 0 radical (unpaired) electrons. The molecular weight excluding hydrogens is 1330 g/mol. The minimum atomic E-state index is -4.96. The lowest BCUT2D eigenvalue weighted by atomic mass is 10.00. The number of hydrogen-bond donors (Lipinski definition) is 3. The highest BCUT2D eigenvalue weighted by atomic mass is 31.2. The van der Waals surface area contributed by atoms with E-state index in [0.29, 0.717) is 31.6 Å². The van der Waals surface area contributed by atoms with Crippen molar-refractivity contribution in [3.8, 4) is 0 Å². The van der Waals surface area contributed by atoms with Gasteiger partial charge in [0.05, 0.1) is 26.4 Å². The van der Waals surface area contributed by atoms with Crippen LogP contribution in [-0.4, -0.2) is 96.7 Å². The van der Waals surface area contributed by atoms with Crippen molar-refractivity contribution >= 4 is 39.5 Å². The summed E-state index contributed by atoms with van der Waals surface area (Å²) in [7, 11) is -9.92. The third-order valence-electron chi connectivity index (χ3n) is 19.7. The van der Waals surface area contributed by atoms with Gasteiger partial charge in [0.2, 0.25) is 0 Å². The van der Waals surface area contributed by atoms with Gasteiger partial charge >= 0.3 is 39.5 Å². The van der Waals surface area contributed by atoms with Gasteiger partial charge in [-0.2, -0.15) is 0 Å². The maximum atomic E-state index is 13.1. The van der Waals surface area contributed by atoms with E-state index in [1.807, 2.05) is 0 Å². The van der Waals surface area contributed by atoms with E-state index in [1.165, 1.54) is 218 Å². The van der Waals surface area contributed by atoms with E-state index in [0.717, 1.165) is 120 Å². The fraction of sp³-hybridized carbons (Fsp3) is 0.952. The second-order valence-electron chi connectivity index (χ2n) is 31.5. The zero-order chi connectivity index (χ0) is 75.3. The highest BCUT2D eigenvalue weighted by molar-refractivity contribution is 7.47. The predicted molar refractivity (Wildman–Crippen MR) is 418 cm³/mol. The monoisotopic (exact) mass is 1490 g/mol. The molecule has 606 valence electrons. The molecule has 0 aromatic carbocycles. The van der Waals surface area contributed by atoms with Crippen LogP contribution in [0.3, 0.4) is 0 Å². The van der Waals surface area contributed by atoms with E-state index in [4.69, 9.17) is 37.0 Å². The Labute approximate surface area is 626 Å². The lowest BCUT2D eigenvalue weighted by Gasteiger charge is -2.21. The first kappa shape index (κ1) is 100. The third-order valence-corrected chi connectivity index (χ3v) is 21.6. The summed E-state index contributed by atoms with van der Waals surface area (Å²) in [6.07, 6.45) is 60.0. The first-order chi connectivity index (χ1) is 49.1. The van der Waals surface area contributed by atoms with Gasteiger partial charge in [-0.1, -0.05) is 376 Å². The van der Waals surface area contributed by atoms with E-state index in [-0.39, 0.29) is 25.7 Å². The van der Waals surface area contributed by atoms with Gasteiger partial charge in [0.15, 0.2) is 12.2 Å². The average Bonchev–Trinajstić information content (AvgIpc) is 0.910. The van der Waals surface area contributed by atoms with Gasteiger partial charge in [0.1, 0.15) is 19.3 Å². The largest absolute Gasteiger partial charge is 0.472 e. The maximum Gasteiger partial charge on any atom is 0.472 e. The molecule has 0 heterocycles. The molecule has 0 amide bonds. The number of rotatable bonds is 80. The lowest BCUT2D eigenvalue weighted by molar-refractivity contribution is -0.161. The van der Waals surface area contributed by atoms with Crippen LogP contribution in [0.25, 0.3) is 0 Å². The fourth-order valence-electron chi connectivity index (χ4n) is 12.8. The Morgan fingerprint density at radius 1 is 0.275 bits per heavy atom. The van der Waals surface area contributed by atoms with Crippen molar-refractivity contribution in [1.29, 1.82) is 0 Å². The summed E-state index contributed by atoms with van der Waals surface area (Å²) in [5.74, 6) is 0.961. The van der Waals surface area contributed by atoms with Crippen molar-refractivity contribution in [1.82, 2.24) is 0 Å². The number of aliphatic hydroxyl groups is 1. The minimum absolute atomic E-state index is 0.107. The molecular formula is C83H162O17P2. The number of unbranched alkanes of at least 4 members (excludes halogenated alkanes) is 45. The van der Waals surface area contributed by atoms with Gasteiger partial charge in [-0.25, -0.2) is 9.13 Å². The topological polar surface area (TPSA) is 237 Å². The number of phosphoric ester groups is 2. The standard InChI is InChI=1S/C83H162O17P2/c1-9-76(8)62-54-46-41-42-48-56-64-81(86)94-70-79(100-83(88)66-58-50-39-33-29-25-21-17-13-11-15-19-23-27-31-36-44-52-60-74(4)5)72-98-102(91,92)96-68-77(84)67-95-101(89,90)97-71-78(69-93-80(85)63-55-47-40-34-37-45-53-61-75(6)7)99-82(87)65-57-49-38-32-28-24-20-16-12-10-14-18-22-26-30-35-43-51-59-73(2)3/h73-79,84H,9-72H2,1-8H3,(H,89,90)(H,91,92)/t76?,77-,78-,79-/m1/s1. The van der Waals surface area contributed by atoms with Gasteiger partial charge in [-0.15, -0.1) is 0 Å². The van der Waals surface area contributed by atoms with Crippen LogP contribution in [0, 0.1) is 23.7 Å². The van der Waals surface area contributed by atoms with E-state index < -0.39 is 97.5 Å². The van der Waals surface area contributed by atoms with Crippen LogP contribution < -0.4 is 0 Å². The van der Waals surface area contributed by atoms with Crippen LogP contribution in [0.1, 0.15) is 428 Å². The summed E-state index contributed by atoms with van der Waals surface area (Å²) in [5, 5.41) is 10.6. The van der Waals surface area contributed by atoms with Crippen molar-refractivity contribution in [2.75, 3.05) is 39.6 Å². The highest BCUT2D eigenvalue weighted by Gasteiger charge is 2.30. The number of hydrogen-bond acceptors (Lipinski definition) is 15. The van der Waals surface area contributed by atoms with E-state index >= 15 is 0 Å². The van der Waals surface area contributed by atoms with Crippen molar-refractivity contribution < 1.29 is 80.2 Å². The van der Waals surface area contributed by atoms with Crippen molar-refractivity contribution in [3.63, 3.8) is 0 Å². The van der Waals surface area contributed by atoms with E-state index in [1.54, 1.807) is 0 Å². The normalized spacial score (nSPS) is 14.3. The molecule has 0 fully saturated rings. The Balaban J connectivity index is 5.14. The number of carbonyl (C=O) groups is 4. The molecule has 0 rings (SSSR count). The van der Waals surface area contributed by atoms with Gasteiger partial charge in [0.25, 0.3) is 0 Å². The molecule has 0 saturated carbocycles. The lowest BCUT2D eigenvalue weighted by Crippen LogP contribution is -2.30. The summed E-state index contributed by atoms with van der Waals surface area (Å²) >= 11 is 0. The molecule has 3 N–H and O–H groups in total. The summed E-state index contributed by atoms with van der Waals surface area (Å²) in [6, 6.07) is 0. The molecule has 102 heavy (non-hydrogen) atoms. The van der Waals surface area contributed by atoms with Gasteiger partial charge < -0.3 is 33.8 Å². The van der Waals surface area contributed by atoms with Crippen LogP contribution in [-0.2, 0) is 65.4 Å².